The van der Waals surface area contributed by atoms with Crippen LogP contribution in [0, 0.1) is 0 Å². The molecule has 0 radical (unpaired) electrons. The second-order valence-corrected chi connectivity index (χ2v) is 5.97. The van der Waals surface area contributed by atoms with E-state index in [0.29, 0.717) is 23.7 Å². The first kappa shape index (κ1) is 17.2. The van der Waals surface area contributed by atoms with E-state index in [1.807, 2.05) is 26.1 Å². The van der Waals surface area contributed by atoms with Crippen LogP contribution in [-0.2, 0) is 0 Å². The Kier molecular flexibility index (Phi) is 6.35. The Morgan fingerprint density at radius 1 is 1.35 bits per heavy atom. The molecule has 0 aliphatic carbocycles. The molecule has 124 valence electrons. The van der Waals surface area contributed by atoms with Gasteiger partial charge in [0, 0.05) is 11.3 Å². The molecule has 2 rings (SSSR count). The van der Waals surface area contributed by atoms with E-state index >= 15 is 0 Å². The molecular formula is C18H27N4O+. The van der Waals surface area contributed by atoms with Crippen LogP contribution >= 0.6 is 0 Å². The third-order valence-electron chi connectivity index (χ3n) is 4.25. The number of carbonyl (C=O) groups excluding carboxylic acids is 1. The van der Waals surface area contributed by atoms with Gasteiger partial charge in [0.15, 0.2) is 6.21 Å². The molecule has 0 saturated carbocycles. The van der Waals surface area contributed by atoms with Crippen molar-refractivity contribution in [3.05, 3.63) is 46.7 Å². The smallest absolute Gasteiger partial charge is 0.251 e. The third kappa shape index (κ3) is 4.93. The maximum Gasteiger partial charge on any atom is 0.251 e. The van der Waals surface area contributed by atoms with Gasteiger partial charge in [-0.05, 0) is 56.5 Å². The van der Waals surface area contributed by atoms with E-state index in [4.69, 9.17) is 5.73 Å². The van der Waals surface area contributed by atoms with Crippen LogP contribution < -0.4 is 21.4 Å². The van der Waals surface area contributed by atoms with Crippen LogP contribution in [0.2, 0.25) is 0 Å². The minimum absolute atomic E-state index is 0.0786. The predicted molar refractivity (Wildman–Crippen MR) is 93.5 cm³/mol. The zero-order valence-corrected chi connectivity index (χ0v) is 14.0. The quantitative estimate of drug-likeness (QED) is 0.573. The van der Waals surface area contributed by atoms with Crippen molar-refractivity contribution in [3.8, 4) is 0 Å². The molecule has 1 aromatic rings. The van der Waals surface area contributed by atoms with Gasteiger partial charge < -0.3 is 16.4 Å². The van der Waals surface area contributed by atoms with E-state index in [0.717, 1.165) is 31.5 Å². The summed E-state index contributed by atoms with van der Waals surface area (Å²) in [7, 11) is 1.81. The molecule has 1 heterocycles. The van der Waals surface area contributed by atoms with Crippen molar-refractivity contribution in [1.82, 2.24) is 10.6 Å². The number of nitrogens with one attached hydrogen (secondary N) is 3. The zero-order valence-electron chi connectivity index (χ0n) is 14.0. The van der Waals surface area contributed by atoms with Gasteiger partial charge in [0.25, 0.3) is 5.91 Å². The van der Waals surface area contributed by atoms with Gasteiger partial charge in [-0.15, -0.1) is 0 Å². The Hall–Kier alpha value is -2.14. The van der Waals surface area contributed by atoms with Crippen molar-refractivity contribution in [2.45, 2.75) is 25.7 Å². The molecule has 1 aliphatic rings. The van der Waals surface area contributed by atoms with Crippen molar-refractivity contribution in [2.24, 2.45) is 5.73 Å². The van der Waals surface area contributed by atoms with E-state index in [9.17, 15) is 4.79 Å². The van der Waals surface area contributed by atoms with Crippen LogP contribution in [0.4, 0.5) is 0 Å². The average Bonchev–Trinajstić information content (AvgIpc) is 2.59. The lowest BCUT2D eigenvalue weighted by atomic mass is 9.90. The topological polar surface area (TPSA) is 81.1 Å². The molecule has 0 bridgehead atoms. The molecule has 1 saturated heterocycles. The van der Waals surface area contributed by atoms with Crippen molar-refractivity contribution < 1.29 is 9.79 Å². The van der Waals surface area contributed by atoms with E-state index in [-0.39, 0.29) is 5.91 Å². The number of piperidine rings is 1. The Morgan fingerprint density at radius 2 is 2.00 bits per heavy atom. The normalized spacial score (nSPS) is 17.1. The fraction of sp³-hybridized carbons (Fsp3) is 0.444. The molecule has 0 atom stereocenters. The Balaban J connectivity index is 1.96. The Bertz CT molecular complexity index is 580. The summed E-state index contributed by atoms with van der Waals surface area (Å²) in [5.74, 6) is 0.526. The number of carbonyl (C=O) groups is 1. The maximum atomic E-state index is 12.2. The summed E-state index contributed by atoms with van der Waals surface area (Å²) < 4.78 is 0. The van der Waals surface area contributed by atoms with E-state index in [1.54, 1.807) is 6.21 Å². The van der Waals surface area contributed by atoms with Crippen LogP contribution in [0.1, 0.15) is 41.6 Å². The molecule has 1 amide bonds. The second-order valence-electron chi connectivity index (χ2n) is 5.97. The molecule has 5 heteroatoms. The summed E-state index contributed by atoms with van der Waals surface area (Å²) in [5, 5.41) is 6.28. The van der Waals surface area contributed by atoms with Gasteiger partial charge in [-0.2, -0.15) is 0 Å². The summed E-state index contributed by atoms with van der Waals surface area (Å²) in [4.78, 5) is 15.2. The first-order valence-corrected chi connectivity index (χ1v) is 8.16. The molecule has 0 aromatic heterocycles. The minimum atomic E-state index is -0.0786. The summed E-state index contributed by atoms with van der Waals surface area (Å²) in [6, 6.07) is 7.98. The standard InChI is InChI=1S/C18H26N4O/c1-13(19)17(11-20-2)12-22-18(23)16-5-3-14(4-6-16)15-7-9-21-10-8-15/h3-6,11,15,21H,7-10,12,19H2,1-2H3,(H,22,23)/p+1. The molecule has 0 unspecified atom stereocenters. The largest absolute Gasteiger partial charge is 0.402 e. The van der Waals surface area contributed by atoms with Crippen molar-refractivity contribution in [3.63, 3.8) is 0 Å². The van der Waals surface area contributed by atoms with Crippen LogP contribution in [0.5, 0.6) is 0 Å². The minimum Gasteiger partial charge on any atom is -0.402 e. The number of benzene rings is 1. The number of nitrogens with two attached hydrogens (primary N) is 1. The summed E-state index contributed by atoms with van der Waals surface area (Å²) in [6.45, 7) is 4.38. The number of hydrogen-bond acceptors (Lipinski definition) is 3. The molecule has 23 heavy (non-hydrogen) atoms. The first-order valence-electron chi connectivity index (χ1n) is 8.16. The van der Waals surface area contributed by atoms with E-state index < -0.39 is 0 Å². The maximum absolute atomic E-state index is 12.2. The molecule has 1 aromatic carbocycles. The lowest BCUT2D eigenvalue weighted by molar-refractivity contribution is -0.413. The average molecular weight is 315 g/mol. The molecule has 5 nitrogen and oxygen atoms in total. The molecule has 0 spiro atoms. The number of amides is 1. The monoisotopic (exact) mass is 315 g/mol. The second kappa shape index (κ2) is 8.48. The highest BCUT2D eigenvalue weighted by molar-refractivity contribution is 5.94. The first-order chi connectivity index (χ1) is 11.1. The van der Waals surface area contributed by atoms with Crippen molar-refractivity contribution in [1.29, 1.82) is 0 Å². The number of hydrogen-bond donors (Lipinski definition) is 4. The SMILES string of the molecule is C[NH+]=CC(CNC(=O)c1ccc(C2CCNCC2)cc1)=C(C)N. The van der Waals surface area contributed by atoms with Gasteiger partial charge in [-0.25, -0.2) is 0 Å². The third-order valence-corrected chi connectivity index (χ3v) is 4.25. The lowest BCUT2D eigenvalue weighted by Gasteiger charge is -2.23. The van der Waals surface area contributed by atoms with Crippen LogP contribution in [0.3, 0.4) is 0 Å². The lowest BCUT2D eigenvalue weighted by Crippen LogP contribution is -2.63. The summed E-state index contributed by atoms with van der Waals surface area (Å²) in [6.07, 6.45) is 4.13. The highest BCUT2D eigenvalue weighted by Crippen LogP contribution is 2.25. The number of allylic oxidation sites excluding steroid dienone is 1. The predicted octanol–water partition coefficient (Wildman–Crippen LogP) is -0.103. The van der Waals surface area contributed by atoms with E-state index in [1.165, 1.54) is 5.56 Å². The number of rotatable bonds is 5. The van der Waals surface area contributed by atoms with Gasteiger partial charge in [0.05, 0.1) is 12.1 Å². The van der Waals surface area contributed by atoms with Crippen LogP contribution in [-0.4, -0.2) is 38.8 Å². The van der Waals surface area contributed by atoms with Gasteiger partial charge in [0.2, 0.25) is 0 Å². The van der Waals surface area contributed by atoms with Gasteiger partial charge in [0.1, 0.15) is 7.05 Å². The van der Waals surface area contributed by atoms with Crippen LogP contribution in [0.15, 0.2) is 35.5 Å². The highest BCUT2D eigenvalue weighted by Gasteiger charge is 2.15. The Labute approximate surface area is 138 Å². The van der Waals surface area contributed by atoms with Crippen LogP contribution in [0.25, 0.3) is 0 Å². The van der Waals surface area contributed by atoms with Gasteiger partial charge in [-0.1, -0.05) is 12.1 Å². The van der Waals surface area contributed by atoms with Crippen molar-refractivity contribution in [2.75, 3.05) is 26.7 Å². The molecule has 1 fully saturated rings. The summed E-state index contributed by atoms with van der Waals surface area (Å²) >= 11 is 0. The van der Waals surface area contributed by atoms with E-state index in [2.05, 4.69) is 27.8 Å². The highest BCUT2D eigenvalue weighted by atomic mass is 16.1. The molecule has 1 aliphatic heterocycles. The van der Waals surface area contributed by atoms with Gasteiger partial charge in [-0.3, -0.25) is 9.79 Å². The fourth-order valence-corrected chi connectivity index (χ4v) is 2.82. The van der Waals surface area contributed by atoms with Crippen molar-refractivity contribution >= 4 is 12.1 Å². The molecule has 5 N–H and O–H groups in total. The zero-order chi connectivity index (χ0) is 16.7. The fourth-order valence-electron chi connectivity index (χ4n) is 2.82. The molecular weight excluding hydrogens is 288 g/mol. The van der Waals surface area contributed by atoms with Gasteiger partial charge >= 0.3 is 0 Å². The Morgan fingerprint density at radius 3 is 2.57 bits per heavy atom. The summed E-state index contributed by atoms with van der Waals surface area (Å²) in [5.41, 5.74) is 9.38.